The van der Waals surface area contributed by atoms with Gasteiger partial charge in [0.05, 0.1) is 0 Å². The summed E-state index contributed by atoms with van der Waals surface area (Å²) in [7, 11) is 3.30. The van der Waals surface area contributed by atoms with E-state index in [0.29, 0.717) is 10.8 Å². The maximum absolute atomic E-state index is 11.6. The third kappa shape index (κ3) is 2.96. The van der Waals surface area contributed by atoms with Crippen LogP contribution in [0.4, 0.5) is 4.79 Å². The second kappa shape index (κ2) is 5.72. The third-order valence-electron chi connectivity index (χ3n) is 2.65. The van der Waals surface area contributed by atoms with E-state index in [0.717, 1.165) is 15.7 Å². The number of carbonyl (C=O) groups excluding carboxylic acids is 1. The van der Waals surface area contributed by atoms with Gasteiger partial charge in [0.15, 0.2) is 0 Å². The highest BCUT2D eigenvalue weighted by Gasteiger charge is 2.11. The average molecular weight is 296 g/mol. The molecular weight excluding hydrogens is 282 g/mol. The van der Waals surface area contributed by atoms with Crippen LogP contribution in [0.25, 0.3) is 10.8 Å². The molecule has 2 aromatic rings. The number of halogens is 1. The van der Waals surface area contributed by atoms with E-state index >= 15 is 0 Å². The molecule has 0 aliphatic carbocycles. The molecule has 0 aromatic heterocycles. The van der Waals surface area contributed by atoms with Crippen molar-refractivity contribution in [1.82, 2.24) is 4.90 Å². The van der Waals surface area contributed by atoms with Crippen LogP contribution < -0.4 is 4.74 Å². The van der Waals surface area contributed by atoms with E-state index in [4.69, 9.17) is 16.3 Å². The number of amides is 1. The van der Waals surface area contributed by atoms with Crippen LogP contribution in [0.1, 0.15) is 0 Å². The smallest absolute Gasteiger partial charge is 0.410 e. The van der Waals surface area contributed by atoms with E-state index in [2.05, 4.69) is 0 Å². The highest BCUT2D eigenvalue weighted by Crippen LogP contribution is 2.35. The van der Waals surface area contributed by atoms with Crippen LogP contribution in [0.5, 0.6) is 5.75 Å². The van der Waals surface area contributed by atoms with Gasteiger partial charge in [-0.2, -0.15) is 0 Å². The largest absolute Gasteiger partial charge is 0.414 e. The number of hydrogen-bond donors (Lipinski definition) is 0. The zero-order valence-corrected chi connectivity index (χ0v) is 12.5. The normalized spacial score (nSPS) is 10.5. The van der Waals surface area contributed by atoms with Crippen LogP contribution in [-0.2, 0) is 0 Å². The lowest BCUT2D eigenvalue weighted by atomic mass is 10.1. The van der Waals surface area contributed by atoms with Gasteiger partial charge in [-0.1, -0.05) is 23.7 Å². The van der Waals surface area contributed by atoms with Gasteiger partial charge in [-0.3, -0.25) is 0 Å². The molecule has 0 fully saturated rings. The maximum Gasteiger partial charge on any atom is 0.414 e. The summed E-state index contributed by atoms with van der Waals surface area (Å²) in [6.07, 6.45) is 1.57. The fourth-order valence-electron chi connectivity index (χ4n) is 1.73. The lowest BCUT2D eigenvalue weighted by Crippen LogP contribution is -2.25. The minimum atomic E-state index is -0.395. The molecule has 0 saturated carbocycles. The average Bonchev–Trinajstić information content (AvgIpc) is 2.37. The van der Waals surface area contributed by atoms with Gasteiger partial charge in [-0.25, -0.2) is 4.79 Å². The van der Waals surface area contributed by atoms with Crippen LogP contribution in [0.3, 0.4) is 0 Å². The Balaban J connectivity index is 2.51. The summed E-state index contributed by atoms with van der Waals surface area (Å²) in [5.41, 5.74) is 0. The number of fused-ring (bicyclic) bond motifs is 1. The molecule has 2 rings (SSSR count). The monoisotopic (exact) mass is 295 g/mol. The zero-order valence-electron chi connectivity index (χ0n) is 10.9. The van der Waals surface area contributed by atoms with Crippen LogP contribution >= 0.6 is 23.4 Å². The minimum Gasteiger partial charge on any atom is -0.410 e. The van der Waals surface area contributed by atoms with Crippen LogP contribution in [0.2, 0.25) is 5.02 Å². The highest BCUT2D eigenvalue weighted by molar-refractivity contribution is 7.98. The van der Waals surface area contributed by atoms with Crippen molar-refractivity contribution in [3.05, 3.63) is 35.4 Å². The quantitative estimate of drug-likeness (QED) is 0.775. The molecule has 0 N–H and O–H groups in total. The Bertz CT molecular complexity index is 628. The van der Waals surface area contributed by atoms with Gasteiger partial charge in [0.1, 0.15) is 5.75 Å². The molecule has 1 amide bonds. The van der Waals surface area contributed by atoms with Gasteiger partial charge in [0.2, 0.25) is 0 Å². The predicted molar refractivity (Wildman–Crippen MR) is 80.5 cm³/mol. The maximum atomic E-state index is 11.6. The summed E-state index contributed by atoms with van der Waals surface area (Å²) in [6, 6.07) is 9.35. The second-order valence-electron chi connectivity index (χ2n) is 4.23. The van der Waals surface area contributed by atoms with Gasteiger partial charge < -0.3 is 9.64 Å². The van der Waals surface area contributed by atoms with Gasteiger partial charge in [-0.15, -0.1) is 11.8 Å². The topological polar surface area (TPSA) is 29.5 Å². The molecule has 3 nitrogen and oxygen atoms in total. The molecule has 19 heavy (non-hydrogen) atoms. The molecule has 0 bridgehead atoms. The standard InChI is InChI=1S/C14H14ClNO2S/c1-16(2)14(17)18-10-7-9-5-4-6-11(15)13(9)12(8-10)19-3/h4-8H,1-3H3. The number of carbonyl (C=O) groups is 1. The first-order valence-corrected chi connectivity index (χ1v) is 7.28. The predicted octanol–water partition coefficient (Wildman–Crippen LogP) is 4.28. The second-order valence-corrected chi connectivity index (χ2v) is 5.48. The van der Waals surface area contributed by atoms with Crippen molar-refractivity contribution in [2.45, 2.75) is 4.90 Å². The van der Waals surface area contributed by atoms with E-state index in [9.17, 15) is 4.79 Å². The van der Waals surface area contributed by atoms with Gasteiger partial charge >= 0.3 is 6.09 Å². The van der Waals surface area contributed by atoms with Crippen molar-refractivity contribution in [2.75, 3.05) is 20.4 Å². The van der Waals surface area contributed by atoms with Crippen LogP contribution in [0, 0.1) is 0 Å². The van der Waals surface area contributed by atoms with E-state index in [1.54, 1.807) is 25.9 Å². The van der Waals surface area contributed by atoms with Gasteiger partial charge in [0.25, 0.3) is 0 Å². The summed E-state index contributed by atoms with van der Waals surface area (Å²) in [6.45, 7) is 0. The highest BCUT2D eigenvalue weighted by atomic mass is 35.5. The summed E-state index contributed by atoms with van der Waals surface area (Å²) in [5, 5.41) is 2.65. The van der Waals surface area contributed by atoms with Crippen LogP contribution in [0.15, 0.2) is 35.2 Å². The summed E-state index contributed by atoms with van der Waals surface area (Å²) >= 11 is 7.79. The van der Waals surface area contributed by atoms with Crippen molar-refractivity contribution in [1.29, 1.82) is 0 Å². The molecule has 0 saturated heterocycles. The van der Waals surface area contributed by atoms with E-state index in [-0.39, 0.29) is 0 Å². The number of rotatable bonds is 2. The Morgan fingerprint density at radius 1 is 1.32 bits per heavy atom. The van der Waals surface area contributed by atoms with Crippen molar-refractivity contribution >= 4 is 40.2 Å². The number of benzene rings is 2. The van der Waals surface area contributed by atoms with Gasteiger partial charge in [0, 0.05) is 29.4 Å². The lowest BCUT2D eigenvalue weighted by Gasteiger charge is -2.13. The Labute approximate surface area is 121 Å². The third-order valence-corrected chi connectivity index (χ3v) is 3.73. The molecule has 0 atom stereocenters. The molecule has 2 aromatic carbocycles. The Morgan fingerprint density at radius 2 is 2.05 bits per heavy atom. The van der Waals surface area contributed by atoms with E-state index in [1.807, 2.05) is 36.6 Å². The molecule has 100 valence electrons. The summed E-state index contributed by atoms with van der Waals surface area (Å²) in [4.78, 5) is 14.0. The van der Waals surface area contributed by atoms with E-state index < -0.39 is 6.09 Å². The SMILES string of the molecule is CSc1cc(OC(=O)N(C)C)cc2cccc(Cl)c12. The van der Waals surface area contributed by atoms with E-state index in [1.165, 1.54) is 4.90 Å². The zero-order chi connectivity index (χ0) is 14.0. The minimum absolute atomic E-state index is 0.395. The lowest BCUT2D eigenvalue weighted by molar-refractivity contribution is 0.172. The fraction of sp³-hybridized carbons (Fsp3) is 0.214. The van der Waals surface area contributed by atoms with Gasteiger partial charge in [-0.05, 0) is 29.8 Å². The Hall–Kier alpha value is -1.39. The van der Waals surface area contributed by atoms with Crippen molar-refractivity contribution in [2.24, 2.45) is 0 Å². The molecule has 0 spiro atoms. The molecule has 0 aliphatic heterocycles. The molecule has 5 heteroatoms. The number of ether oxygens (including phenoxy) is 1. The summed E-state index contributed by atoms with van der Waals surface area (Å²) < 4.78 is 5.30. The number of thioether (sulfide) groups is 1. The Kier molecular flexibility index (Phi) is 4.22. The summed E-state index contributed by atoms with van der Waals surface area (Å²) in [5.74, 6) is 0.526. The van der Waals surface area contributed by atoms with Crippen molar-refractivity contribution in [3.8, 4) is 5.75 Å². The number of hydrogen-bond acceptors (Lipinski definition) is 3. The van der Waals surface area contributed by atoms with Crippen molar-refractivity contribution in [3.63, 3.8) is 0 Å². The van der Waals surface area contributed by atoms with Crippen LogP contribution in [-0.4, -0.2) is 31.3 Å². The molecule has 0 unspecified atom stereocenters. The fourth-order valence-corrected chi connectivity index (χ4v) is 2.73. The molecule has 0 heterocycles. The molecular formula is C14H14ClNO2S. The molecule has 0 aliphatic rings. The first-order chi connectivity index (χ1) is 9.02. The molecule has 0 radical (unpaired) electrons. The first kappa shape index (κ1) is 14.0. The first-order valence-electron chi connectivity index (χ1n) is 5.68. The Morgan fingerprint density at radius 3 is 2.68 bits per heavy atom. The van der Waals surface area contributed by atoms with Crippen molar-refractivity contribution < 1.29 is 9.53 Å². The number of nitrogens with zero attached hydrogens (tertiary/aromatic N) is 1.